The van der Waals surface area contributed by atoms with E-state index in [0.717, 1.165) is 31.0 Å². The van der Waals surface area contributed by atoms with Crippen LogP contribution in [0.1, 0.15) is 25.8 Å². The van der Waals surface area contributed by atoms with Gasteiger partial charge in [0.15, 0.2) is 5.96 Å². The molecule has 0 saturated heterocycles. The van der Waals surface area contributed by atoms with Crippen LogP contribution in [0.2, 0.25) is 5.02 Å². The van der Waals surface area contributed by atoms with Crippen LogP contribution in [0.5, 0.6) is 0 Å². The molecule has 1 rings (SSSR count). The Morgan fingerprint density at radius 1 is 1.32 bits per heavy atom. The second kappa shape index (κ2) is 10.3. The van der Waals surface area contributed by atoms with Gasteiger partial charge in [0.25, 0.3) is 0 Å². The van der Waals surface area contributed by atoms with Crippen LogP contribution in [0.25, 0.3) is 0 Å². The van der Waals surface area contributed by atoms with Gasteiger partial charge in [0, 0.05) is 18.1 Å². The molecule has 0 saturated carbocycles. The van der Waals surface area contributed by atoms with Crippen LogP contribution in [0, 0.1) is 5.92 Å². The summed E-state index contributed by atoms with van der Waals surface area (Å²) in [6.07, 6.45) is 2.04. The van der Waals surface area contributed by atoms with E-state index in [1.165, 1.54) is 5.56 Å². The number of nitrogens with zero attached hydrogens (tertiary/aromatic N) is 1. The number of hydrogen-bond donors (Lipinski definition) is 2. The number of benzene rings is 1. The summed E-state index contributed by atoms with van der Waals surface area (Å²) in [6, 6.07) is 7.95. The largest absolute Gasteiger partial charge is 0.370 e. The molecule has 0 amide bonds. The molecule has 3 nitrogen and oxygen atoms in total. The molecule has 0 fully saturated rings. The van der Waals surface area contributed by atoms with Crippen LogP contribution < -0.4 is 11.1 Å². The van der Waals surface area contributed by atoms with E-state index in [1.807, 2.05) is 12.1 Å². The molecule has 0 spiro atoms. The molecule has 0 heterocycles. The molecule has 19 heavy (non-hydrogen) atoms. The molecule has 0 atom stereocenters. The lowest BCUT2D eigenvalue weighted by Gasteiger charge is -2.06. The van der Waals surface area contributed by atoms with Crippen molar-refractivity contribution in [2.75, 3.05) is 13.1 Å². The molecule has 3 N–H and O–H groups in total. The minimum Gasteiger partial charge on any atom is -0.370 e. The van der Waals surface area contributed by atoms with Crippen molar-refractivity contribution in [2.45, 2.75) is 26.7 Å². The highest BCUT2D eigenvalue weighted by atomic mass is 127. The fourth-order valence-corrected chi connectivity index (χ4v) is 1.62. The lowest BCUT2D eigenvalue weighted by Crippen LogP contribution is -2.33. The molecule has 0 bridgehead atoms. The molecule has 0 radical (unpaired) electrons. The normalized spacial score (nSPS) is 11.3. The maximum Gasteiger partial charge on any atom is 0.188 e. The number of aliphatic imine (C=N–C) groups is 1. The van der Waals surface area contributed by atoms with E-state index in [-0.39, 0.29) is 24.0 Å². The minimum absolute atomic E-state index is 0. The zero-order chi connectivity index (χ0) is 13.4. The first-order valence-corrected chi connectivity index (χ1v) is 6.74. The maximum absolute atomic E-state index is 5.83. The molecule has 0 unspecified atom stereocenters. The molecule has 0 aliphatic heterocycles. The van der Waals surface area contributed by atoms with Gasteiger partial charge in [-0.25, -0.2) is 0 Å². The Hall–Kier alpha value is -0.490. The molecule has 0 aliphatic carbocycles. The zero-order valence-electron chi connectivity index (χ0n) is 11.5. The Bertz CT molecular complexity index is 377. The Morgan fingerprint density at radius 2 is 1.95 bits per heavy atom. The third-order valence-corrected chi connectivity index (χ3v) is 2.74. The SMILES string of the molecule is CC(C)CN=C(N)NCCCc1ccc(Cl)cc1.I. The number of nitrogens with one attached hydrogen (secondary N) is 1. The Morgan fingerprint density at radius 3 is 2.53 bits per heavy atom. The summed E-state index contributed by atoms with van der Waals surface area (Å²) in [5, 5.41) is 3.90. The first-order valence-electron chi connectivity index (χ1n) is 6.36. The number of halogens is 2. The predicted molar refractivity (Wildman–Crippen MR) is 94.5 cm³/mol. The van der Waals surface area contributed by atoms with E-state index in [4.69, 9.17) is 17.3 Å². The number of nitrogens with two attached hydrogens (primary N) is 1. The fraction of sp³-hybridized carbons (Fsp3) is 0.500. The van der Waals surface area contributed by atoms with Gasteiger partial charge in [-0.05, 0) is 36.5 Å². The number of hydrogen-bond acceptors (Lipinski definition) is 1. The Labute approximate surface area is 138 Å². The van der Waals surface area contributed by atoms with Gasteiger partial charge in [0.05, 0.1) is 0 Å². The second-order valence-electron chi connectivity index (χ2n) is 4.78. The molecule has 1 aromatic rings. The first-order chi connectivity index (χ1) is 8.58. The van der Waals surface area contributed by atoms with Gasteiger partial charge in [-0.2, -0.15) is 0 Å². The van der Waals surface area contributed by atoms with E-state index >= 15 is 0 Å². The zero-order valence-corrected chi connectivity index (χ0v) is 14.6. The van der Waals surface area contributed by atoms with Crippen molar-refractivity contribution in [1.82, 2.24) is 5.32 Å². The average Bonchev–Trinajstić information content (AvgIpc) is 2.34. The highest BCUT2D eigenvalue weighted by Crippen LogP contribution is 2.10. The summed E-state index contributed by atoms with van der Waals surface area (Å²) in [6.45, 7) is 5.86. The van der Waals surface area contributed by atoms with Crippen molar-refractivity contribution >= 4 is 41.5 Å². The average molecular weight is 396 g/mol. The van der Waals surface area contributed by atoms with Crippen LogP contribution in [-0.2, 0) is 6.42 Å². The molecular formula is C14H23ClIN3. The van der Waals surface area contributed by atoms with Gasteiger partial charge in [0.1, 0.15) is 0 Å². The summed E-state index contributed by atoms with van der Waals surface area (Å²) in [5.41, 5.74) is 7.03. The van der Waals surface area contributed by atoms with E-state index in [2.05, 4.69) is 36.3 Å². The maximum atomic E-state index is 5.83. The van der Waals surface area contributed by atoms with Crippen molar-refractivity contribution in [3.63, 3.8) is 0 Å². The van der Waals surface area contributed by atoms with Crippen LogP contribution >= 0.6 is 35.6 Å². The van der Waals surface area contributed by atoms with Crippen molar-refractivity contribution in [3.8, 4) is 0 Å². The number of rotatable bonds is 6. The lowest BCUT2D eigenvalue weighted by atomic mass is 10.1. The smallest absolute Gasteiger partial charge is 0.188 e. The number of guanidine groups is 1. The third-order valence-electron chi connectivity index (χ3n) is 2.49. The van der Waals surface area contributed by atoms with Crippen LogP contribution in [0.15, 0.2) is 29.3 Å². The van der Waals surface area contributed by atoms with Crippen LogP contribution in [-0.4, -0.2) is 19.0 Å². The van der Waals surface area contributed by atoms with Crippen molar-refractivity contribution in [1.29, 1.82) is 0 Å². The summed E-state index contributed by atoms with van der Waals surface area (Å²) in [5.74, 6) is 1.08. The standard InChI is InChI=1S/C14H22ClN3.HI/c1-11(2)10-18-14(16)17-9-3-4-12-5-7-13(15)8-6-12;/h5-8,11H,3-4,9-10H2,1-2H3,(H3,16,17,18);1H. The quantitative estimate of drug-likeness (QED) is 0.335. The van der Waals surface area contributed by atoms with Crippen molar-refractivity contribution in [3.05, 3.63) is 34.9 Å². The third kappa shape index (κ3) is 9.10. The van der Waals surface area contributed by atoms with Crippen molar-refractivity contribution < 1.29 is 0 Å². The lowest BCUT2D eigenvalue weighted by molar-refractivity contribution is 0.659. The topological polar surface area (TPSA) is 50.4 Å². The number of aryl methyl sites for hydroxylation is 1. The van der Waals surface area contributed by atoms with Gasteiger partial charge < -0.3 is 11.1 Å². The van der Waals surface area contributed by atoms with Gasteiger partial charge in [-0.1, -0.05) is 37.6 Å². The highest BCUT2D eigenvalue weighted by molar-refractivity contribution is 14.0. The summed E-state index contributed by atoms with van der Waals surface area (Å²) < 4.78 is 0. The molecule has 108 valence electrons. The first kappa shape index (κ1) is 18.5. The highest BCUT2D eigenvalue weighted by Gasteiger charge is 1.96. The van der Waals surface area contributed by atoms with Gasteiger partial charge in [-0.3, -0.25) is 4.99 Å². The second-order valence-corrected chi connectivity index (χ2v) is 5.21. The van der Waals surface area contributed by atoms with Crippen molar-refractivity contribution in [2.24, 2.45) is 16.6 Å². The molecule has 1 aromatic carbocycles. The molecule has 0 aliphatic rings. The Kier molecular flexibility index (Phi) is 10.0. The van der Waals surface area contributed by atoms with Crippen LogP contribution in [0.4, 0.5) is 0 Å². The van der Waals surface area contributed by atoms with Crippen LogP contribution in [0.3, 0.4) is 0 Å². The van der Waals surface area contributed by atoms with E-state index in [0.29, 0.717) is 11.9 Å². The van der Waals surface area contributed by atoms with E-state index in [1.54, 1.807) is 0 Å². The van der Waals surface area contributed by atoms with Gasteiger partial charge >= 0.3 is 0 Å². The van der Waals surface area contributed by atoms with E-state index in [9.17, 15) is 0 Å². The molecular weight excluding hydrogens is 373 g/mol. The monoisotopic (exact) mass is 395 g/mol. The predicted octanol–water partition coefficient (Wildman–Crippen LogP) is 3.45. The Balaban J connectivity index is 0.00000324. The minimum atomic E-state index is 0. The molecule has 5 heteroatoms. The summed E-state index contributed by atoms with van der Waals surface area (Å²) >= 11 is 5.83. The van der Waals surface area contributed by atoms with E-state index < -0.39 is 0 Å². The summed E-state index contributed by atoms with van der Waals surface area (Å²) in [7, 11) is 0. The summed E-state index contributed by atoms with van der Waals surface area (Å²) in [4.78, 5) is 4.25. The van der Waals surface area contributed by atoms with Gasteiger partial charge in [0.2, 0.25) is 0 Å². The molecule has 0 aromatic heterocycles. The van der Waals surface area contributed by atoms with Gasteiger partial charge in [-0.15, -0.1) is 24.0 Å². The fourth-order valence-electron chi connectivity index (χ4n) is 1.50.